The summed E-state index contributed by atoms with van der Waals surface area (Å²) in [6.45, 7) is 0.0937. The van der Waals surface area contributed by atoms with Gasteiger partial charge in [-0.1, -0.05) is 109 Å². The predicted octanol–water partition coefficient (Wildman–Crippen LogP) is 5.59. The quantitative estimate of drug-likeness (QED) is 0.198. The van der Waals surface area contributed by atoms with Crippen molar-refractivity contribution < 1.29 is 19.4 Å². The summed E-state index contributed by atoms with van der Waals surface area (Å²) >= 11 is 0. The second kappa shape index (κ2) is 12.4. The van der Waals surface area contributed by atoms with Crippen LogP contribution in [0.1, 0.15) is 33.3 Å². The molecule has 0 saturated carbocycles. The van der Waals surface area contributed by atoms with E-state index in [4.69, 9.17) is 9.47 Å². The van der Waals surface area contributed by atoms with Crippen LogP contribution in [-0.4, -0.2) is 49.9 Å². The first-order valence-electron chi connectivity index (χ1n) is 14.8. The minimum atomic E-state index is -0.919. The molecule has 0 bridgehead atoms. The van der Waals surface area contributed by atoms with Crippen LogP contribution < -0.4 is 5.32 Å². The largest absolute Gasteiger partial charge is 0.394 e. The Labute approximate surface area is 260 Å². The summed E-state index contributed by atoms with van der Waals surface area (Å²) in [5.41, 5.74) is 3.48. The van der Waals surface area contributed by atoms with Gasteiger partial charge in [0, 0.05) is 5.56 Å². The van der Waals surface area contributed by atoms with Crippen LogP contribution in [-0.2, 0) is 15.1 Å². The van der Waals surface area contributed by atoms with Gasteiger partial charge in [-0.05, 0) is 28.8 Å². The van der Waals surface area contributed by atoms with Crippen molar-refractivity contribution in [1.29, 1.82) is 0 Å². The summed E-state index contributed by atoms with van der Waals surface area (Å²) in [5, 5.41) is 13.1. The third-order valence-corrected chi connectivity index (χ3v) is 8.27. The molecule has 224 valence electrons. The van der Waals surface area contributed by atoms with Crippen molar-refractivity contribution in [3.8, 4) is 0 Å². The van der Waals surface area contributed by atoms with Gasteiger partial charge in [0.15, 0.2) is 17.0 Å². The maximum Gasteiger partial charge on any atom is 0.256 e. The molecule has 9 nitrogen and oxygen atoms in total. The number of aliphatic hydroxyl groups is 1. The summed E-state index contributed by atoms with van der Waals surface area (Å²) in [7, 11) is 0. The zero-order chi connectivity index (χ0) is 30.6. The number of carbonyl (C=O) groups is 1. The fraction of sp³-hybridized carbons (Fsp3) is 0.167. The predicted molar refractivity (Wildman–Crippen MR) is 169 cm³/mol. The summed E-state index contributed by atoms with van der Waals surface area (Å²) < 4.78 is 15.1. The number of amides is 1. The number of carbonyl (C=O) groups excluding carboxylic acids is 1. The molecule has 0 radical (unpaired) electrons. The van der Waals surface area contributed by atoms with Gasteiger partial charge >= 0.3 is 0 Å². The number of aliphatic hydroxyl groups excluding tert-OH is 1. The topological polar surface area (TPSA) is 111 Å². The Hall–Kier alpha value is -5.22. The third kappa shape index (κ3) is 5.27. The van der Waals surface area contributed by atoms with Gasteiger partial charge in [-0.3, -0.25) is 9.36 Å². The van der Waals surface area contributed by atoms with Gasteiger partial charge in [0.1, 0.15) is 18.2 Å². The molecule has 3 atom stereocenters. The number of ether oxygens (including phenoxy) is 2. The lowest BCUT2D eigenvalue weighted by molar-refractivity contribution is -0.254. The van der Waals surface area contributed by atoms with E-state index in [1.165, 1.54) is 6.33 Å². The molecule has 9 heteroatoms. The molecular formula is C36H31N5O4. The van der Waals surface area contributed by atoms with Gasteiger partial charge in [0.2, 0.25) is 0 Å². The van der Waals surface area contributed by atoms with E-state index in [1.807, 2.05) is 65.2 Å². The van der Waals surface area contributed by atoms with Crippen molar-refractivity contribution in [2.75, 3.05) is 18.5 Å². The number of rotatable bonds is 10. The molecule has 2 N–H and O–H groups in total. The number of benzene rings is 4. The van der Waals surface area contributed by atoms with Crippen molar-refractivity contribution in [1.82, 2.24) is 19.5 Å². The SMILES string of the molecule is O=C(Nc1ncnc2c1ncn2[C@@H]1O[C@H](CO)[C@H]1COC(c1ccccc1)(c1ccccc1)c1ccccc1)c1ccccc1. The molecule has 45 heavy (non-hydrogen) atoms. The first-order chi connectivity index (χ1) is 22.2. The Balaban J connectivity index is 1.22. The minimum Gasteiger partial charge on any atom is -0.394 e. The Morgan fingerprint density at radius 2 is 1.36 bits per heavy atom. The van der Waals surface area contributed by atoms with Crippen LogP contribution in [0.15, 0.2) is 134 Å². The first kappa shape index (κ1) is 28.5. The van der Waals surface area contributed by atoms with E-state index in [-0.39, 0.29) is 25.0 Å². The van der Waals surface area contributed by atoms with Crippen molar-refractivity contribution in [2.45, 2.75) is 17.9 Å². The van der Waals surface area contributed by atoms with Gasteiger partial charge in [0.05, 0.1) is 31.6 Å². The van der Waals surface area contributed by atoms with Crippen LogP contribution in [0.5, 0.6) is 0 Å². The minimum absolute atomic E-state index is 0.167. The smallest absolute Gasteiger partial charge is 0.256 e. The van der Waals surface area contributed by atoms with E-state index in [0.717, 1.165) is 16.7 Å². The van der Waals surface area contributed by atoms with Gasteiger partial charge in [0.25, 0.3) is 5.91 Å². The molecule has 1 saturated heterocycles. The fourth-order valence-corrected chi connectivity index (χ4v) is 6.00. The van der Waals surface area contributed by atoms with E-state index < -0.39 is 17.9 Å². The molecule has 1 aliphatic rings. The Kier molecular flexibility index (Phi) is 7.87. The van der Waals surface area contributed by atoms with Crippen LogP contribution in [0.25, 0.3) is 11.2 Å². The van der Waals surface area contributed by atoms with Gasteiger partial charge in [-0.25, -0.2) is 15.0 Å². The molecule has 3 heterocycles. The molecule has 6 aromatic rings. The van der Waals surface area contributed by atoms with Gasteiger partial charge < -0.3 is 19.9 Å². The third-order valence-electron chi connectivity index (χ3n) is 8.27. The number of imidazole rings is 1. The highest BCUT2D eigenvalue weighted by Gasteiger charge is 2.47. The van der Waals surface area contributed by atoms with Crippen LogP contribution in [0.2, 0.25) is 0 Å². The molecule has 1 aliphatic heterocycles. The van der Waals surface area contributed by atoms with E-state index in [2.05, 4.69) is 56.7 Å². The number of fused-ring (bicyclic) bond motifs is 1. The Morgan fingerprint density at radius 3 is 1.91 bits per heavy atom. The lowest BCUT2D eigenvalue weighted by Gasteiger charge is -2.46. The zero-order valence-corrected chi connectivity index (χ0v) is 24.3. The molecule has 0 spiro atoms. The fourth-order valence-electron chi connectivity index (χ4n) is 6.00. The van der Waals surface area contributed by atoms with Crippen molar-refractivity contribution in [2.24, 2.45) is 5.92 Å². The second-order valence-corrected chi connectivity index (χ2v) is 10.9. The lowest BCUT2D eigenvalue weighted by atomic mass is 9.79. The van der Waals surface area contributed by atoms with Gasteiger partial charge in [-0.2, -0.15) is 0 Å². The monoisotopic (exact) mass is 597 g/mol. The normalized spacial score (nSPS) is 17.9. The molecule has 1 amide bonds. The number of nitrogens with one attached hydrogen (secondary N) is 1. The summed E-state index contributed by atoms with van der Waals surface area (Å²) in [6, 6.07) is 39.4. The zero-order valence-electron chi connectivity index (χ0n) is 24.3. The lowest BCUT2D eigenvalue weighted by Crippen LogP contribution is -2.51. The summed E-state index contributed by atoms with van der Waals surface area (Å²) in [6.07, 6.45) is 2.05. The van der Waals surface area contributed by atoms with E-state index in [9.17, 15) is 9.90 Å². The Bertz CT molecular complexity index is 1790. The molecular weight excluding hydrogens is 566 g/mol. The molecule has 7 rings (SSSR count). The number of hydrogen-bond acceptors (Lipinski definition) is 7. The molecule has 2 aromatic heterocycles. The maximum absolute atomic E-state index is 12.9. The molecule has 0 aliphatic carbocycles. The second-order valence-electron chi connectivity index (χ2n) is 10.9. The van der Waals surface area contributed by atoms with Crippen molar-refractivity contribution in [3.05, 3.63) is 156 Å². The van der Waals surface area contributed by atoms with Crippen LogP contribution >= 0.6 is 0 Å². The first-order valence-corrected chi connectivity index (χ1v) is 14.8. The van der Waals surface area contributed by atoms with Crippen LogP contribution in [0.3, 0.4) is 0 Å². The maximum atomic E-state index is 12.9. The van der Waals surface area contributed by atoms with Crippen molar-refractivity contribution in [3.63, 3.8) is 0 Å². The number of aromatic nitrogens is 4. The van der Waals surface area contributed by atoms with Crippen LogP contribution in [0, 0.1) is 5.92 Å². The Morgan fingerprint density at radius 1 is 0.800 bits per heavy atom. The molecule has 0 unspecified atom stereocenters. The summed E-state index contributed by atoms with van der Waals surface area (Å²) in [4.78, 5) is 26.2. The van der Waals surface area contributed by atoms with E-state index >= 15 is 0 Å². The highest BCUT2D eigenvalue weighted by atomic mass is 16.6. The van der Waals surface area contributed by atoms with Crippen LogP contribution in [0.4, 0.5) is 5.82 Å². The van der Waals surface area contributed by atoms with Gasteiger partial charge in [-0.15, -0.1) is 0 Å². The standard InChI is InChI=1S/C36H31N5O4/c42-21-30-29(22-44-36(26-15-7-2-8-16-26,27-17-9-3-10-18-27)28-19-11-4-12-20-28)35(45-30)41-24-39-31-32(37-23-38-33(31)41)40-34(43)25-13-5-1-6-14-25/h1-20,23-24,29-30,35,42H,21-22H2,(H,37,38,40,43)/t29-,30-,35-/m1/s1. The average Bonchev–Trinajstić information content (AvgIpc) is 3.52. The molecule has 1 fully saturated rings. The number of nitrogens with zero attached hydrogens (tertiary/aromatic N) is 4. The highest BCUT2D eigenvalue weighted by Crippen LogP contribution is 2.44. The number of anilines is 1. The molecule has 4 aromatic carbocycles. The van der Waals surface area contributed by atoms with Crippen molar-refractivity contribution >= 4 is 22.9 Å². The van der Waals surface area contributed by atoms with E-state index in [0.29, 0.717) is 22.5 Å². The average molecular weight is 598 g/mol. The van der Waals surface area contributed by atoms with E-state index in [1.54, 1.807) is 30.6 Å². The number of hydrogen-bond donors (Lipinski definition) is 2. The highest BCUT2D eigenvalue weighted by molar-refractivity contribution is 6.06. The summed E-state index contributed by atoms with van der Waals surface area (Å²) in [5.74, 6) is -0.231.